The highest BCUT2D eigenvalue weighted by molar-refractivity contribution is 5.84. The van der Waals surface area contributed by atoms with E-state index in [9.17, 15) is 9.90 Å². The van der Waals surface area contributed by atoms with Gasteiger partial charge >= 0.3 is 6.03 Å². The Kier molecular flexibility index (Phi) is 5.36. The van der Waals surface area contributed by atoms with E-state index < -0.39 is 0 Å². The summed E-state index contributed by atoms with van der Waals surface area (Å²) < 4.78 is 0. The summed E-state index contributed by atoms with van der Waals surface area (Å²) in [5, 5.41) is 13.4. The lowest BCUT2D eigenvalue weighted by Crippen LogP contribution is -2.46. The normalized spacial score (nSPS) is 11.3. The van der Waals surface area contributed by atoms with Crippen molar-refractivity contribution in [2.75, 3.05) is 0 Å². The number of para-hydroxylation sites is 1. The van der Waals surface area contributed by atoms with Crippen LogP contribution in [0.3, 0.4) is 0 Å². The first-order valence-electron chi connectivity index (χ1n) is 6.32. The lowest BCUT2D eigenvalue weighted by molar-refractivity contribution is 0.165. The third kappa shape index (κ3) is 4.28. The van der Waals surface area contributed by atoms with Crippen LogP contribution >= 0.6 is 0 Å². The van der Waals surface area contributed by atoms with Crippen LogP contribution in [0.4, 0.5) is 4.79 Å². The van der Waals surface area contributed by atoms with E-state index in [0.717, 1.165) is 0 Å². The molecule has 0 aliphatic rings. The Labute approximate surface area is 113 Å². The zero-order valence-electron chi connectivity index (χ0n) is 11.8. The van der Waals surface area contributed by atoms with Crippen LogP contribution in [0.2, 0.25) is 0 Å². The predicted octanol–water partition coefficient (Wildman–Crippen LogP) is 2.55. The molecule has 0 unspecified atom stereocenters. The summed E-state index contributed by atoms with van der Waals surface area (Å²) in [7, 11) is 0. The molecule has 0 radical (unpaired) electrons. The number of hydrogen-bond donors (Lipinski definition) is 2. The molecule has 0 spiro atoms. The van der Waals surface area contributed by atoms with Crippen molar-refractivity contribution in [3.63, 3.8) is 0 Å². The zero-order chi connectivity index (χ0) is 14.4. The number of rotatable bonds is 4. The molecule has 1 aromatic rings. The summed E-state index contributed by atoms with van der Waals surface area (Å²) in [5.74, 6) is 0.130. The van der Waals surface area contributed by atoms with Crippen LogP contribution in [0.15, 0.2) is 29.4 Å². The van der Waals surface area contributed by atoms with Crippen LogP contribution in [-0.4, -0.2) is 34.3 Å². The molecule has 0 heterocycles. The first-order valence-corrected chi connectivity index (χ1v) is 6.32. The molecule has 0 aliphatic carbocycles. The molecular formula is C14H21N3O2. The van der Waals surface area contributed by atoms with Crippen molar-refractivity contribution in [1.29, 1.82) is 0 Å². The standard InChI is InChI=1S/C14H21N3O2/c1-10(2)17(11(3)4)14(19)16-15-9-12-7-5-6-8-13(12)18/h5-11,18H,1-4H3,(H,16,19)/b15-9+. The van der Waals surface area contributed by atoms with Crippen molar-refractivity contribution in [1.82, 2.24) is 10.3 Å². The van der Waals surface area contributed by atoms with Crippen LogP contribution in [0.25, 0.3) is 0 Å². The summed E-state index contributed by atoms with van der Waals surface area (Å²) in [6.45, 7) is 7.80. The zero-order valence-corrected chi connectivity index (χ0v) is 11.8. The number of benzene rings is 1. The van der Waals surface area contributed by atoms with Crippen molar-refractivity contribution in [3.05, 3.63) is 29.8 Å². The molecule has 104 valence electrons. The van der Waals surface area contributed by atoms with Crippen molar-refractivity contribution >= 4 is 12.2 Å². The number of carbonyl (C=O) groups excluding carboxylic acids is 1. The molecular weight excluding hydrogens is 242 g/mol. The third-order valence-corrected chi connectivity index (χ3v) is 2.65. The van der Waals surface area contributed by atoms with E-state index >= 15 is 0 Å². The quantitative estimate of drug-likeness (QED) is 0.647. The van der Waals surface area contributed by atoms with Crippen LogP contribution in [0, 0.1) is 0 Å². The van der Waals surface area contributed by atoms with Crippen LogP contribution in [0.5, 0.6) is 5.75 Å². The number of phenols is 1. The van der Waals surface area contributed by atoms with Crippen LogP contribution in [-0.2, 0) is 0 Å². The molecule has 0 atom stereocenters. The summed E-state index contributed by atoms with van der Waals surface area (Å²) >= 11 is 0. The highest BCUT2D eigenvalue weighted by Gasteiger charge is 2.19. The van der Waals surface area contributed by atoms with Gasteiger partial charge in [-0.1, -0.05) is 12.1 Å². The van der Waals surface area contributed by atoms with Crippen molar-refractivity contribution in [3.8, 4) is 5.75 Å². The number of urea groups is 1. The summed E-state index contributed by atoms with van der Waals surface area (Å²) in [6, 6.07) is 6.74. The monoisotopic (exact) mass is 263 g/mol. The molecule has 0 aliphatic heterocycles. The Bertz CT molecular complexity index is 448. The summed E-state index contributed by atoms with van der Waals surface area (Å²) in [4.78, 5) is 13.6. The van der Waals surface area contributed by atoms with Gasteiger partial charge in [-0.2, -0.15) is 5.10 Å². The lowest BCUT2D eigenvalue weighted by atomic mass is 10.2. The molecule has 0 bridgehead atoms. The van der Waals surface area contributed by atoms with Crippen molar-refractivity contribution in [2.45, 2.75) is 39.8 Å². The first kappa shape index (κ1) is 15.0. The van der Waals surface area contributed by atoms with Gasteiger partial charge in [0.1, 0.15) is 5.75 Å². The smallest absolute Gasteiger partial charge is 0.338 e. The molecule has 0 fully saturated rings. The molecule has 1 rings (SSSR count). The number of phenolic OH excluding ortho intramolecular Hbond substituents is 1. The van der Waals surface area contributed by atoms with Gasteiger partial charge in [-0.3, -0.25) is 0 Å². The number of carbonyl (C=O) groups is 1. The Morgan fingerprint density at radius 1 is 1.26 bits per heavy atom. The van der Waals surface area contributed by atoms with E-state index in [0.29, 0.717) is 5.56 Å². The lowest BCUT2D eigenvalue weighted by Gasteiger charge is -2.29. The SMILES string of the molecule is CC(C)N(C(=O)N/N=C/c1ccccc1O)C(C)C. The number of amides is 2. The predicted molar refractivity (Wildman–Crippen MR) is 76.3 cm³/mol. The van der Waals surface area contributed by atoms with Crippen molar-refractivity contribution in [2.24, 2.45) is 5.10 Å². The second-order valence-electron chi connectivity index (χ2n) is 4.83. The Morgan fingerprint density at radius 3 is 2.37 bits per heavy atom. The molecule has 2 N–H and O–H groups in total. The average molecular weight is 263 g/mol. The Morgan fingerprint density at radius 2 is 1.84 bits per heavy atom. The maximum atomic E-state index is 11.9. The van der Waals surface area contributed by atoms with E-state index in [2.05, 4.69) is 10.5 Å². The van der Waals surface area contributed by atoms with Gasteiger partial charge in [0, 0.05) is 17.6 Å². The van der Waals surface area contributed by atoms with E-state index in [4.69, 9.17) is 0 Å². The molecule has 0 aromatic heterocycles. The first-order chi connectivity index (χ1) is 8.93. The largest absolute Gasteiger partial charge is 0.507 e. The summed E-state index contributed by atoms with van der Waals surface area (Å²) in [5.41, 5.74) is 3.03. The minimum atomic E-state index is -0.253. The molecule has 0 saturated heterocycles. The fraction of sp³-hybridized carbons (Fsp3) is 0.429. The van der Waals surface area contributed by atoms with E-state index in [1.807, 2.05) is 27.7 Å². The van der Waals surface area contributed by atoms with Gasteiger partial charge in [-0.25, -0.2) is 10.2 Å². The molecule has 5 heteroatoms. The second kappa shape index (κ2) is 6.78. The maximum Gasteiger partial charge on any atom is 0.338 e. The van der Waals surface area contributed by atoms with Gasteiger partial charge in [-0.15, -0.1) is 0 Å². The van der Waals surface area contributed by atoms with E-state index in [1.165, 1.54) is 6.21 Å². The third-order valence-electron chi connectivity index (χ3n) is 2.65. The number of aromatic hydroxyl groups is 1. The number of nitrogens with zero attached hydrogens (tertiary/aromatic N) is 2. The maximum absolute atomic E-state index is 11.9. The number of nitrogens with one attached hydrogen (secondary N) is 1. The van der Waals surface area contributed by atoms with E-state index in [-0.39, 0.29) is 23.9 Å². The molecule has 5 nitrogen and oxygen atoms in total. The average Bonchev–Trinajstić information content (AvgIpc) is 2.30. The van der Waals surface area contributed by atoms with Gasteiger partial charge in [0.25, 0.3) is 0 Å². The molecule has 1 aromatic carbocycles. The molecule has 2 amide bonds. The second-order valence-corrected chi connectivity index (χ2v) is 4.83. The van der Waals surface area contributed by atoms with Gasteiger partial charge in [0.2, 0.25) is 0 Å². The highest BCUT2D eigenvalue weighted by Crippen LogP contribution is 2.12. The topological polar surface area (TPSA) is 64.9 Å². The van der Waals surface area contributed by atoms with E-state index in [1.54, 1.807) is 29.2 Å². The molecule has 19 heavy (non-hydrogen) atoms. The van der Waals surface area contributed by atoms with Crippen LogP contribution in [0.1, 0.15) is 33.3 Å². The summed E-state index contributed by atoms with van der Waals surface area (Å²) in [6.07, 6.45) is 1.42. The fourth-order valence-electron chi connectivity index (χ4n) is 1.88. The van der Waals surface area contributed by atoms with Gasteiger partial charge < -0.3 is 10.0 Å². The van der Waals surface area contributed by atoms with Gasteiger partial charge in [0.15, 0.2) is 0 Å². The molecule has 0 saturated carbocycles. The van der Waals surface area contributed by atoms with Gasteiger partial charge in [-0.05, 0) is 39.8 Å². The van der Waals surface area contributed by atoms with Crippen molar-refractivity contribution < 1.29 is 9.90 Å². The van der Waals surface area contributed by atoms with Crippen LogP contribution < -0.4 is 5.43 Å². The van der Waals surface area contributed by atoms with Gasteiger partial charge in [0.05, 0.1) is 6.21 Å². The number of hydrazone groups is 1. The fourth-order valence-corrected chi connectivity index (χ4v) is 1.88. The number of hydrogen-bond acceptors (Lipinski definition) is 3. The minimum absolute atomic E-state index is 0.0975. The Hall–Kier alpha value is -2.04. The minimum Gasteiger partial charge on any atom is -0.507 e. The highest BCUT2D eigenvalue weighted by atomic mass is 16.3. The Balaban J connectivity index is 2.66.